The smallest absolute Gasteiger partial charge is 0.340 e. The Hall–Kier alpha value is -2.11. The summed E-state index contributed by atoms with van der Waals surface area (Å²) < 4.78 is 9.33. The highest BCUT2D eigenvalue weighted by Gasteiger charge is 2.30. The van der Waals surface area contributed by atoms with Crippen molar-refractivity contribution < 1.29 is 23.9 Å². The summed E-state index contributed by atoms with van der Waals surface area (Å²) in [5.74, 6) is -1.61. The van der Waals surface area contributed by atoms with Gasteiger partial charge >= 0.3 is 11.9 Å². The first-order valence-electron chi connectivity index (χ1n) is 5.74. The second-order valence-corrected chi connectivity index (χ2v) is 4.22. The van der Waals surface area contributed by atoms with Crippen LogP contribution in [0.2, 0.25) is 0 Å². The fourth-order valence-electron chi connectivity index (χ4n) is 1.88. The molecular weight excluding hydrogens is 250 g/mol. The number of hydrogen-bond acceptors (Lipinski definition) is 6. The number of carbonyl (C=O) groups excluding carboxylic acids is 3. The Morgan fingerprint density at radius 1 is 1.11 bits per heavy atom. The van der Waals surface area contributed by atoms with Crippen LogP contribution in [0.15, 0.2) is 22.9 Å². The third-order valence-corrected chi connectivity index (χ3v) is 2.81. The van der Waals surface area contributed by atoms with Crippen molar-refractivity contribution in [2.75, 3.05) is 28.3 Å². The van der Waals surface area contributed by atoms with Gasteiger partial charge in [0.2, 0.25) is 0 Å². The molecule has 0 unspecified atom stereocenters. The minimum absolute atomic E-state index is 0.0550. The average molecular weight is 267 g/mol. The fourth-order valence-corrected chi connectivity index (χ4v) is 1.88. The maximum atomic E-state index is 11.9. The van der Waals surface area contributed by atoms with Gasteiger partial charge in [-0.25, -0.2) is 9.59 Å². The van der Waals surface area contributed by atoms with Crippen LogP contribution in [0.4, 0.5) is 0 Å². The van der Waals surface area contributed by atoms with Crippen molar-refractivity contribution in [3.8, 4) is 0 Å². The lowest BCUT2D eigenvalue weighted by molar-refractivity contribution is -0.139. The van der Waals surface area contributed by atoms with Gasteiger partial charge in [0.1, 0.15) is 0 Å². The molecule has 6 heteroatoms. The van der Waals surface area contributed by atoms with Gasteiger partial charge in [-0.1, -0.05) is 0 Å². The third kappa shape index (κ3) is 3.21. The lowest BCUT2D eigenvalue weighted by Gasteiger charge is -2.20. The topological polar surface area (TPSA) is 72.9 Å². The molecule has 0 spiro atoms. The number of nitrogens with zero attached hydrogens (tertiary/aromatic N) is 1. The Bertz CT molecular complexity index is 473. The van der Waals surface area contributed by atoms with Gasteiger partial charge in [-0.05, 0) is 12.5 Å². The standard InChI is InChI=1S/C13H17NO5/c1-14(2)10-6-5-8(15)7-9(12(16)18-3)11(10)13(17)19-4/h7H,5-6H2,1-4H3. The van der Waals surface area contributed by atoms with Crippen LogP contribution in [0, 0.1) is 0 Å². The molecule has 0 fully saturated rings. The molecule has 0 bridgehead atoms. The van der Waals surface area contributed by atoms with E-state index in [4.69, 9.17) is 4.74 Å². The van der Waals surface area contributed by atoms with E-state index in [0.29, 0.717) is 12.1 Å². The molecule has 0 atom stereocenters. The monoisotopic (exact) mass is 267 g/mol. The van der Waals surface area contributed by atoms with Gasteiger partial charge in [0.15, 0.2) is 5.78 Å². The summed E-state index contributed by atoms with van der Waals surface area (Å²) in [5, 5.41) is 0. The van der Waals surface area contributed by atoms with Crippen molar-refractivity contribution in [2.45, 2.75) is 12.8 Å². The van der Waals surface area contributed by atoms with E-state index in [0.717, 1.165) is 6.08 Å². The largest absolute Gasteiger partial charge is 0.465 e. The molecule has 1 rings (SSSR count). The van der Waals surface area contributed by atoms with Crippen molar-refractivity contribution in [1.29, 1.82) is 0 Å². The number of methoxy groups -OCH3 is 2. The third-order valence-electron chi connectivity index (χ3n) is 2.81. The number of allylic oxidation sites excluding steroid dienone is 2. The number of carbonyl (C=O) groups is 3. The molecule has 0 aromatic rings. The molecule has 0 N–H and O–H groups in total. The van der Waals surface area contributed by atoms with E-state index >= 15 is 0 Å². The quantitative estimate of drug-likeness (QED) is 0.691. The van der Waals surface area contributed by atoms with Crippen molar-refractivity contribution >= 4 is 17.7 Å². The minimum Gasteiger partial charge on any atom is -0.465 e. The molecular formula is C13H17NO5. The first kappa shape index (κ1) is 14.9. The highest BCUT2D eigenvalue weighted by molar-refractivity contribution is 6.12. The number of rotatable bonds is 3. The summed E-state index contributed by atoms with van der Waals surface area (Å²) in [7, 11) is 5.90. The highest BCUT2D eigenvalue weighted by Crippen LogP contribution is 2.26. The molecule has 0 aromatic heterocycles. The van der Waals surface area contributed by atoms with Crippen LogP contribution in [0.5, 0.6) is 0 Å². The van der Waals surface area contributed by atoms with E-state index in [1.807, 2.05) is 0 Å². The Labute approximate surface area is 111 Å². The van der Waals surface area contributed by atoms with E-state index in [1.165, 1.54) is 14.2 Å². The van der Waals surface area contributed by atoms with Crippen LogP contribution < -0.4 is 0 Å². The Morgan fingerprint density at radius 2 is 1.68 bits per heavy atom. The highest BCUT2D eigenvalue weighted by atomic mass is 16.5. The summed E-state index contributed by atoms with van der Waals surface area (Å²) >= 11 is 0. The molecule has 1 aliphatic carbocycles. The summed E-state index contributed by atoms with van der Waals surface area (Å²) in [5.41, 5.74) is 0.611. The molecule has 0 saturated heterocycles. The van der Waals surface area contributed by atoms with Gasteiger partial charge in [-0.15, -0.1) is 0 Å². The summed E-state index contributed by atoms with van der Waals surface area (Å²) in [4.78, 5) is 37.0. The van der Waals surface area contributed by atoms with Crippen LogP contribution in [0.3, 0.4) is 0 Å². The summed E-state index contributed by atoms with van der Waals surface area (Å²) in [6.07, 6.45) is 1.75. The molecule has 6 nitrogen and oxygen atoms in total. The normalized spacial score (nSPS) is 15.6. The maximum Gasteiger partial charge on any atom is 0.340 e. The van der Waals surface area contributed by atoms with Crippen molar-refractivity contribution in [2.24, 2.45) is 0 Å². The van der Waals surface area contributed by atoms with Crippen LogP contribution in [0.25, 0.3) is 0 Å². The molecule has 104 valence electrons. The van der Waals surface area contributed by atoms with Crippen molar-refractivity contribution in [3.05, 3.63) is 22.9 Å². The summed E-state index contributed by atoms with van der Waals surface area (Å²) in [6.45, 7) is 0. The van der Waals surface area contributed by atoms with E-state index < -0.39 is 11.9 Å². The number of esters is 2. The van der Waals surface area contributed by atoms with Crippen LogP contribution in [0.1, 0.15) is 12.8 Å². The van der Waals surface area contributed by atoms with E-state index in [9.17, 15) is 14.4 Å². The second-order valence-electron chi connectivity index (χ2n) is 4.22. The predicted molar refractivity (Wildman–Crippen MR) is 67.1 cm³/mol. The molecule has 19 heavy (non-hydrogen) atoms. The Balaban J connectivity index is 3.47. The predicted octanol–water partition coefficient (Wildman–Crippen LogP) is 0.437. The second kappa shape index (κ2) is 6.17. The fraction of sp³-hybridized carbons (Fsp3) is 0.462. The Morgan fingerprint density at radius 3 is 2.16 bits per heavy atom. The summed E-state index contributed by atoms with van der Waals surface area (Å²) in [6, 6.07) is 0. The molecule has 0 aromatic carbocycles. The molecule has 0 saturated carbocycles. The van der Waals surface area contributed by atoms with Gasteiger partial charge in [-0.2, -0.15) is 0 Å². The van der Waals surface area contributed by atoms with Gasteiger partial charge in [-0.3, -0.25) is 4.79 Å². The Kier molecular flexibility index (Phi) is 4.86. The number of ketones is 1. The zero-order valence-electron chi connectivity index (χ0n) is 11.5. The van der Waals surface area contributed by atoms with Crippen molar-refractivity contribution in [3.63, 3.8) is 0 Å². The molecule has 0 heterocycles. The number of ether oxygens (including phenoxy) is 2. The van der Waals surface area contributed by atoms with Gasteiger partial charge in [0.25, 0.3) is 0 Å². The first-order chi connectivity index (χ1) is 8.92. The molecule has 0 aliphatic heterocycles. The first-order valence-corrected chi connectivity index (χ1v) is 5.74. The van der Waals surface area contributed by atoms with Gasteiger partial charge in [0, 0.05) is 26.2 Å². The van der Waals surface area contributed by atoms with Crippen LogP contribution >= 0.6 is 0 Å². The van der Waals surface area contributed by atoms with Crippen LogP contribution in [-0.4, -0.2) is 50.9 Å². The van der Waals surface area contributed by atoms with Gasteiger partial charge in [0.05, 0.1) is 25.4 Å². The lowest BCUT2D eigenvalue weighted by atomic mass is 10.0. The van der Waals surface area contributed by atoms with Gasteiger partial charge < -0.3 is 14.4 Å². The maximum absolute atomic E-state index is 11.9. The van der Waals surface area contributed by atoms with Crippen molar-refractivity contribution in [1.82, 2.24) is 4.90 Å². The average Bonchev–Trinajstić information content (AvgIpc) is 2.56. The van der Waals surface area contributed by atoms with E-state index in [2.05, 4.69) is 4.74 Å². The molecule has 0 amide bonds. The number of hydrogen-bond donors (Lipinski definition) is 0. The zero-order valence-corrected chi connectivity index (χ0v) is 11.5. The van der Waals surface area contributed by atoms with Crippen LogP contribution in [-0.2, 0) is 23.9 Å². The zero-order chi connectivity index (χ0) is 14.6. The molecule has 1 aliphatic rings. The SMILES string of the molecule is COC(=O)C1=CC(=O)CCC(N(C)C)=C1C(=O)OC. The van der Waals surface area contributed by atoms with E-state index in [1.54, 1.807) is 19.0 Å². The molecule has 0 radical (unpaired) electrons. The van der Waals surface area contributed by atoms with E-state index in [-0.39, 0.29) is 23.4 Å². The minimum atomic E-state index is -0.727. The lowest BCUT2D eigenvalue weighted by Crippen LogP contribution is -2.22.